The van der Waals surface area contributed by atoms with Gasteiger partial charge in [0.1, 0.15) is 5.82 Å². The van der Waals surface area contributed by atoms with Crippen molar-refractivity contribution >= 4 is 23.6 Å². The van der Waals surface area contributed by atoms with E-state index >= 15 is 0 Å². The lowest BCUT2D eigenvalue weighted by Crippen LogP contribution is -2.28. The normalized spacial score (nSPS) is 13.2. The van der Waals surface area contributed by atoms with E-state index in [1.807, 2.05) is 51.6 Å². The van der Waals surface area contributed by atoms with Gasteiger partial charge >= 0.3 is 0 Å². The Morgan fingerprint density at radius 3 is 2.11 bits per heavy atom. The SMILES string of the molecule is CC(C)NC(=O)/C=C/C1=NC=CC1.CC(C)NC(=O)/C=C/c1nccn1C. The fourth-order valence-electron chi connectivity index (χ4n) is 2.01. The lowest BCUT2D eigenvalue weighted by Gasteiger charge is -2.03. The van der Waals surface area contributed by atoms with E-state index in [0.29, 0.717) is 0 Å². The molecular weight excluding hydrogens is 342 g/mol. The first kappa shape index (κ1) is 22.1. The van der Waals surface area contributed by atoms with Crippen LogP contribution in [0.15, 0.2) is 47.9 Å². The van der Waals surface area contributed by atoms with Gasteiger partial charge < -0.3 is 15.2 Å². The van der Waals surface area contributed by atoms with Gasteiger partial charge in [0.25, 0.3) is 0 Å². The lowest BCUT2D eigenvalue weighted by molar-refractivity contribution is -0.117. The number of nitrogens with zero attached hydrogens (tertiary/aromatic N) is 3. The summed E-state index contributed by atoms with van der Waals surface area (Å²) in [6.07, 6.45) is 14.5. The molecule has 0 radical (unpaired) electrons. The van der Waals surface area contributed by atoms with E-state index in [4.69, 9.17) is 0 Å². The van der Waals surface area contributed by atoms with Gasteiger partial charge in [0, 0.05) is 62.0 Å². The van der Waals surface area contributed by atoms with Crippen molar-refractivity contribution in [1.82, 2.24) is 20.2 Å². The Labute approximate surface area is 161 Å². The third-order valence-electron chi connectivity index (χ3n) is 3.20. The van der Waals surface area contributed by atoms with Crippen molar-refractivity contribution in [2.45, 2.75) is 46.2 Å². The van der Waals surface area contributed by atoms with Crippen LogP contribution >= 0.6 is 0 Å². The topological polar surface area (TPSA) is 88.4 Å². The van der Waals surface area contributed by atoms with E-state index in [1.54, 1.807) is 24.5 Å². The summed E-state index contributed by atoms with van der Waals surface area (Å²) >= 11 is 0. The van der Waals surface area contributed by atoms with Crippen LogP contribution in [0.5, 0.6) is 0 Å². The molecule has 2 amide bonds. The molecule has 0 aliphatic carbocycles. The molecule has 0 saturated heterocycles. The van der Waals surface area contributed by atoms with Crippen LogP contribution in [0.25, 0.3) is 6.08 Å². The van der Waals surface area contributed by atoms with Crippen molar-refractivity contribution < 1.29 is 9.59 Å². The Hall–Kier alpha value is -2.96. The zero-order valence-corrected chi connectivity index (χ0v) is 16.6. The molecule has 1 aromatic heterocycles. The second-order valence-corrected chi connectivity index (χ2v) is 6.60. The third kappa shape index (κ3) is 9.94. The molecule has 27 heavy (non-hydrogen) atoms. The van der Waals surface area contributed by atoms with Crippen molar-refractivity contribution in [3.8, 4) is 0 Å². The van der Waals surface area contributed by atoms with E-state index in [0.717, 1.165) is 18.0 Å². The van der Waals surface area contributed by atoms with Gasteiger partial charge in [-0.05, 0) is 39.8 Å². The number of imidazole rings is 1. The predicted octanol–water partition coefficient (Wildman–Crippen LogP) is 2.38. The molecule has 0 aromatic carbocycles. The van der Waals surface area contributed by atoms with Crippen molar-refractivity contribution in [3.63, 3.8) is 0 Å². The molecule has 1 aliphatic heterocycles. The Balaban J connectivity index is 0.000000271. The molecule has 0 atom stereocenters. The smallest absolute Gasteiger partial charge is 0.244 e. The van der Waals surface area contributed by atoms with E-state index in [2.05, 4.69) is 20.6 Å². The van der Waals surface area contributed by atoms with Crippen LogP contribution < -0.4 is 10.6 Å². The average Bonchev–Trinajstić information content (AvgIpc) is 3.22. The van der Waals surface area contributed by atoms with Gasteiger partial charge in [-0.1, -0.05) is 6.08 Å². The van der Waals surface area contributed by atoms with Gasteiger partial charge in [-0.3, -0.25) is 14.6 Å². The van der Waals surface area contributed by atoms with E-state index < -0.39 is 0 Å². The maximum absolute atomic E-state index is 11.2. The molecule has 0 fully saturated rings. The summed E-state index contributed by atoms with van der Waals surface area (Å²) in [5.41, 5.74) is 0.930. The van der Waals surface area contributed by atoms with Crippen molar-refractivity contribution in [2.75, 3.05) is 0 Å². The van der Waals surface area contributed by atoms with Gasteiger partial charge in [0.15, 0.2) is 0 Å². The highest BCUT2D eigenvalue weighted by molar-refractivity contribution is 6.02. The van der Waals surface area contributed by atoms with Crippen molar-refractivity contribution in [1.29, 1.82) is 0 Å². The first-order valence-corrected chi connectivity index (χ1v) is 8.94. The second-order valence-electron chi connectivity index (χ2n) is 6.60. The molecule has 7 heteroatoms. The summed E-state index contributed by atoms with van der Waals surface area (Å²) in [7, 11) is 1.88. The minimum atomic E-state index is -0.0944. The summed E-state index contributed by atoms with van der Waals surface area (Å²) < 4.78 is 1.85. The standard InChI is InChI=1S/C10H15N3O.C10H14N2O/c1-8(2)12-10(14)5-4-9-11-6-7-13(9)3;1-8(2)12-10(13)6-5-9-4-3-7-11-9/h4-8H,1-3H3,(H,12,14);3,5-8H,4H2,1-2H3,(H,12,13)/b5-4+;6-5+. The maximum Gasteiger partial charge on any atom is 0.244 e. The molecule has 2 N–H and O–H groups in total. The van der Waals surface area contributed by atoms with Crippen LogP contribution in [-0.2, 0) is 16.6 Å². The zero-order chi connectivity index (χ0) is 20.2. The number of carbonyl (C=O) groups is 2. The summed E-state index contributed by atoms with van der Waals surface area (Å²) in [6.45, 7) is 7.71. The fourth-order valence-corrected chi connectivity index (χ4v) is 2.01. The van der Waals surface area contributed by atoms with E-state index in [-0.39, 0.29) is 23.9 Å². The predicted molar refractivity (Wildman–Crippen MR) is 109 cm³/mol. The molecule has 2 rings (SSSR count). The van der Waals surface area contributed by atoms with Crippen LogP contribution in [0, 0.1) is 0 Å². The van der Waals surface area contributed by atoms with Gasteiger partial charge in [-0.15, -0.1) is 0 Å². The molecule has 0 unspecified atom stereocenters. The largest absolute Gasteiger partial charge is 0.350 e. The quantitative estimate of drug-likeness (QED) is 0.753. The third-order valence-corrected chi connectivity index (χ3v) is 3.20. The van der Waals surface area contributed by atoms with Crippen molar-refractivity contribution in [3.05, 3.63) is 48.7 Å². The number of nitrogens with one attached hydrogen (secondary N) is 2. The molecule has 0 saturated carbocycles. The lowest BCUT2D eigenvalue weighted by atomic mass is 10.2. The number of hydrogen-bond acceptors (Lipinski definition) is 4. The zero-order valence-electron chi connectivity index (χ0n) is 16.6. The van der Waals surface area contributed by atoms with Crippen LogP contribution in [0.1, 0.15) is 39.9 Å². The van der Waals surface area contributed by atoms with Crippen LogP contribution in [-0.4, -0.2) is 39.2 Å². The monoisotopic (exact) mass is 371 g/mol. The number of aromatic nitrogens is 2. The van der Waals surface area contributed by atoms with Crippen LogP contribution in [0.2, 0.25) is 0 Å². The first-order valence-electron chi connectivity index (χ1n) is 8.94. The molecule has 2 heterocycles. The Morgan fingerprint density at radius 1 is 1.07 bits per heavy atom. The maximum atomic E-state index is 11.2. The number of hydrogen-bond donors (Lipinski definition) is 2. The van der Waals surface area contributed by atoms with Gasteiger partial charge in [-0.2, -0.15) is 0 Å². The van der Waals surface area contributed by atoms with Gasteiger partial charge in [0.05, 0.1) is 0 Å². The highest BCUT2D eigenvalue weighted by Crippen LogP contribution is 2.00. The molecule has 1 aliphatic rings. The number of amides is 2. The van der Waals surface area contributed by atoms with E-state index in [9.17, 15) is 9.59 Å². The molecule has 0 spiro atoms. The summed E-state index contributed by atoms with van der Waals surface area (Å²) in [6, 6.07) is 0.342. The van der Waals surface area contributed by atoms with Crippen LogP contribution in [0.3, 0.4) is 0 Å². The minimum absolute atomic E-state index is 0.0652. The highest BCUT2D eigenvalue weighted by Gasteiger charge is 2.00. The van der Waals surface area contributed by atoms with Crippen LogP contribution in [0.4, 0.5) is 0 Å². The molecular formula is C20H29N5O2. The number of aliphatic imine (C=N–C) groups is 1. The average molecular weight is 371 g/mol. The first-order chi connectivity index (χ1) is 12.8. The van der Waals surface area contributed by atoms with E-state index in [1.165, 1.54) is 12.2 Å². The van der Waals surface area contributed by atoms with Gasteiger partial charge in [0.2, 0.25) is 11.8 Å². The minimum Gasteiger partial charge on any atom is -0.350 e. The van der Waals surface area contributed by atoms with Crippen molar-refractivity contribution in [2.24, 2.45) is 12.0 Å². The number of carbonyl (C=O) groups excluding carboxylic acids is 2. The second kappa shape index (κ2) is 11.6. The Bertz CT molecular complexity index is 739. The Kier molecular flexibility index (Phi) is 9.50. The summed E-state index contributed by atoms with van der Waals surface area (Å²) in [5, 5.41) is 5.53. The summed E-state index contributed by atoms with van der Waals surface area (Å²) in [5.74, 6) is 0.608. The number of aryl methyl sites for hydroxylation is 1. The Morgan fingerprint density at radius 2 is 1.67 bits per heavy atom. The highest BCUT2D eigenvalue weighted by atomic mass is 16.2. The van der Waals surface area contributed by atoms with Gasteiger partial charge in [-0.25, -0.2) is 4.98 Å². The summed E-state index contributed by atoms with van der Waals surface area (Å²) in [4.78, 5) is 30.5. The molecule has 146 valence electrons. The molecule has 7 nitrogen and oxygen atoms in total. The number of rotatable bonds is 6. The molecule has 1 aromatic rings. The number of allylic oxidation sites excluding steroid dienone is 2. The molecule has 0 bridgehead atoms. The fraction of sp³-hybridized carbons (Fsp3) is 0.400.